The molecule has 0 radical (unpaired) electrons. The molecule has 1 aliphatic heterocycles. The molecule has 0 saturated heterocycles. The van der Waals surface area contributed by atoms with E-state index in [0.29, 0.717) is 19.0 Å². The highest BCUT2D eigenvalue weighted by atomic mass is 16.5. The van der Waals surface area contributed by atoms with Gasteiger partial charge in [0, 0.05) is 18.2 Å². The zero-order valence-corrected chi connectivity index (χ0v) is 12.2. The van der Waals surface area contributed by atoms with Crippen LogP contribution in [0.25, 0.3) is 0 Å². The third-order valence-corrected chi connectivity index (χ3v) is 3.72. The molecule has 108 valence electrons. The van der Waals surface area contributed by atoms with E-state index in [0.717, 1.165) is 17.1 Å². The SMILES string of the molecule is C=CCN1C(N)=NCC1(C)c1ccc(OC)cc1OC. The normalized spacial score (nSPS) is 21.6. The number of nitrogens with two attached hydrogens (primary N) is 1. The van der Waals surface area contributed by atoms with Gasteiger partial charge < -0.3 is 20.1 Å². The van der Waals surface area contributed by atoms with E-state index in [1.54, 1.807) is 14.2 Å². The summed E-state index contributed by atoms with van der Waals surface area (Å²) in [5, 5.41) is 0. The average molecular weight is 275 g/mol. The first-order chi connectivity index (χ1) is 9.56. The van der Waals surface area contributed by atoms with Crippen LogP contribution in [0.4, 0.5) is 0 Å². The van der Waals surface area contributed by atoms with Crippen molar-refractivity contribution in [2.45, 2.75) is 12.5 Å². The molecule has 2 rings (SSSR count). The van der Waals surface area contributed by atoms with Crippen LogP contribution in [0, 0.1) is 0 Å². The molecule has 0 aromatic heterocycles. The summed E-state index contributed by atoms with van der Waals surface area (Å²) in [4.78, 5) is 6.40. The molecule has 1 atom stereocenters. The van der Waals surface area contributed by atoms with Crippen molar-refractivity contribution in [3.63, 3.8) is 0 Å². The lowest BCUT2D eigenvalue weighted by molar-refractivity contribution is 0.236. The molecule has 1 heterocycles. The number of methoxy groups -OCH3 is 2. The number of nitrogens with zero attached hydrogens (tertiary/aromatic N) is 2. The minimum atomic E-state index is -0.337. The molecule has 1 aliphatic rings. The quantitative estimate of drug-likeness (QED) is 0.831. The number of guanidine groups is 1. The first-order valence-corrected chi connectivity index (χ1v) is 6.47. The van der Waals surface area contributed by atoms with E-state index in [1.807, 2.05) is 29.2 Å². The average Bonchev–Trinajstić information content (AvgIpc) is 2.76. The lowest BCUT2D eigenvalue weighted by atomic mass is 9.90. The Morgan fingerprint density at radius 1 is 1.45 bits per heavy atom. The molecule has 2 N–H and O–H groups in total. The van der Waals surface area contributed by atoms with Gasteiger partial charge in [0.2, 0.25) is 0 Å². The standard InChI is InChI=1S/C15H21N3O2/c1-5-8-18-14(16)17-10-15(18,2)12-7-6-11(19-3)9-13(12)20-4/h5-7,9H,1,8,10H2,2-4H3,(H2,16,17). The Morgan fingerprint density at radius 2 is 2.20 bits per heavy atom. The van der Waals surface area contributed by atoms with Crippen LogP contribution in [0.3, 0.4) is 0 Å². The van der Waals surface area contributed by atoms with Gasteiger partial charge in [-0.1, -0.05) is 6.08 Å². The molecule has 1 aromatic carbocycles. The smallest absolute Gasteiger partial charge is 0.192 e. The number of hydrogen-bond donors (Lipinski definition) is 1. The third kappa shape index (κ3) is 2.19. The summed E-state index contributed by atoms with van der Waals surface area (Å²) in [5.41, 5.74) is 6.68. The molecule has 1 aromatic rings. The summed E-state index contributed by atoms with van der Waals surface area (Å²) < 4.78 is 10.7. The van der Waals surface area contributed by atoms with Gasteiger partial charge in [-0.2, -0.15) is 0 Å². The van der Waals surface area contributed by atoms with Crippen molar-refractivity contribution < 1.29 is 9.47 Å². The predicted molar refractivity (Wildman–Crippen MR) is 80.3 cm³/mol. The zero-order valence-electron chi connectivity index (χ0n) is 12.2. The summed E-state index contributed by atoms with van der Waals surface area (Å²) in [6.45, 7) is 7.12. The van der Waals surface area contributed by atoms with Crippen molar-refractivity contribution in [1.29, 1.82) is 0 Å². The van der Waals surface area contributed by atoms with Gasteiger partial charge in [-0.25, -0.2) is 0 Å². The molecule has 0 aliphatic carbocycles. The maximum absolute atomic E-state index is 5.99. The summed E-state index contributed by atoms with van der Waals surface area (Å²) in [5.74, 6) is 2.06. The summed E-state index contributed by atoms with van der Waals surface area (Å²) in [6, 6.07) is 5.80. The zero-order chi connectivity index (χ0) is 14.8. The number of benzene rings is 1. The molecule has 1 unspecified atom stereocenters. The Morgan fingerprint density at radius 3 is 2.80 bits per heavy atom. The molecule has 0 fully saturated rings. The number of aliphatic imine (C=N–C) groups is 1. The summed E-state index contributed by atoms with van der Waals surface area (Å²) >= 11 is 0. The number of rotatable bonds is 5. The van der Waals surface area contributed by atoms with Gasteiger partial charge in [0.1, 0.15) is 11.5 Å². The maximum atomic E-state index is 5.99. The first kappa shape index (κ1) is 14.2. The van der Waals surface area contributed by atoms with Crippen molar-refractivity contribution in [1.82, 2.24) is 4.90 Å². The lowest BCUT2D eigenvalue weighted by Crippen LogP contribution is -2.47. The molecule has 0 amide bonds. The van der Waals surface area contributed by atoms with Crippen LogP contribution in [0.2, 0.25) is 0 Å². The van der Waals surface area contributed by atoms with Crippen molar-refractivity contribution in [2.75, 3.05) is 27.3 Å². The third-order valence-electron chi connectivity index (χ3n) is 3.72. The predicted octanol–water partition coefficient (Wildman–Crippen LogP) is 1.74. The summed E-state index contributed by atoms with van der Waals surface area (Å²) in [6.07, 6.45) is 1.82. The van der Waals surface area contributed by atoms with E-state index in [1.165, 1.54) is 0 Å². The Kier molecular flexibility index (Phi) is 3.88. The van der Waals surface area contributed by atoms with Gasteiger partial charge in [-0.15, -0.1) is 6.58 Å². The Balaban J connectivity index is 2.46. The van der Waals surface area contributed by atoms with Gasteiger partial charge >= 0.3 is 0 Å². The number of hydrogen-bond acceptors (Lipinski definition) is 5. The molecule has 0 saturated carbocycles. The molecule has 20 heavy (non-hydrogen) atoms. The first-order valence-electron chi connectivity index (χ1n) is 6.47. The minimum Gasteiger partial charge on any atom is -0.497 e. The van der Waals surface area contributed by atoms with Crippen molar-refractivity contribution >= 4 is 5.96 Å². The molecule has 0 spiro atoms. The van der Waals surface area contributed by atoms with Gasteiger partial charge in [0.05, 0.1) is 26.3 Å². The fraction of sp³-hybridized carbons (Fsp3) is 0.400. The molecular weight excluding hydrogens is 254 g/mol. The Bertz CT molecular complexity index is 542. The Labute approximate surface area is 119 Å². The molecular formula is C15H21N3O2. The van der Waals surface area contributed by atoms with Crippen LogP contribution in [0.5, 0.6) is 11.5 Å². The van der Waals surface area contributed by atoms with Crippen LogP contribution >= 0.6 is 0 Å². The fourth-order valence-electron chi connectivity index (χ4n) is 2.56. The topological polar surface area (TPSA) is 60.1 Å². The second-order valence-corrected chi connectivity index (χ2v) is 4.91. The second-order valence-electron chi connectivity index (χ2n) is 4.91. The molecule has 0 bridgehead atoms. The van der Waals surface area contributed by atoms with E-state index in [4.69, 9.17) is 15.2 Å². The van der Waals surface area contributed by atoms with Crippen molar-refractivity contribution in [3.05, 3.63) is 36.4 Å². The second kappa shape index (κ2) is 5.45. The van der Waals surface area contributed by atoms with Crippen molar-refractivity contribution in [2.24, 2.45) is 10.7 Å². The lowest BCUT2D eigenvalue weighted by Gasteiger charge is -2.36. The largest absolute Gasteiger partial charge is 0.497 e. The minimum absolute atomic E-state index is 0.337. The monoisotopic (exact) mass is 275 g/mol. The maximum Gasteiger partial charge on any atom is 0.192 e. The van der Waals surface area contributed by atoms with E-state index >= 15 is 0 Å². The van der Waals surface area contributed by atoms with E-state index < -0.39 is 0 Å². The van der Waals surface area contributed by atoms with Crippen molar-refractivity contribution in [3.8, 4) is 11.5 Å². The van der Waals surface area contributed by atoms with Crippen LogP contribution in [-0.4, -0.2) is 38.2 Å². The molecule has 5 heteroatoms. The fourth-order valence-corrected chi connectivity index (χ4v) is 2.56. The van der Waals surface area contributed by atoms with Crippen LogP contribution in [0.1, 0.15) is 12.5 Å². The Hall–Kier alpha value is -2.17. The van der Waals surface area contributed by atoms with E-state index in [-0.39, 0.29) is 5.54 Å². The van der Waals surface area contributed by atoms with E-state index in [9.17, 15) is 0 Å². The highest BCUT2D eigenvalue weighted by Crippen LogP contribution is 2.39. The van der Waals surface area contributed by atoms with Gasteiger partial charge in [0.25, 0.3) is 0 Å². The van der Waals surface area contributed by atoms with Crippen LogP contribution in [-0.2, 0) is 5.54 Å². The van der Waals surface area contributed by atoms with Gasteiger partial charge in [-0.3, -0.25) is 4.99 Å². The number of ether oxygens (including phenoxy) is 2. The summed E-state index contributed by atoms with van der Waals surface area (Å²) in [7, 11) is 3.29. The highest BCUT2D eigenvalue weighted by Gasteiger charge is 2.40. The van der Waals surface area contributed by atoms with Gasteiger partial charge in [0.15, 0.2) is 5.96 Å². The van der Waals surface area contributed by atoms with Gasteiger partial charge in [-0.05, 0) is 19.1 Å². The van der Waals surface area contributed by atoms with E-state index in [2.05, 4.69) is 18.5 Å². The molecule has 5 nitrogen and oxygen atoms in total. The highest BCUT2D eigenvalue weighted by molar-refractivity contribution is 5.81. The van der Waals surface area contributed by atoms with Crippen LogP contribution in [0.15, 0.2) is 35.8 Å². The van der Waals surface area contributed by atoms with Crippen LogP contribution < -0.4 is 15.2 Å².